The molecule has 0 aromatic carbocycles. The highest BCUT2D eigenvalue weighted by atomic mass is 32.1. The minimum atomic E-state index is 0.608. The van der Waals surface area contributed by atoms with E-state index in [9.17, 15) is 0 Å². The van der Waals surface area contributed by atoms with E-state index in [1.165, 1.54) is 25.0 Å². The van der Waals surface area contributed by atoms with Crippen molar-refractivity contribution in [1.29, 1.82) is 0 Å². The molecule has 1 aliphatic rings. The van der Waals surface area contributed by atoms with Crippen molar-refractivity contribution in [3.8, 4) is 0 Å². The molecule has 1 unspecified atom stereocenters. The monoisotopic (exact) mass is 249 g/mol. The van der Waals surface area contributed by atoms with Gasteiger partial charge in [-0.25, -0.2) is 4.98 Å². The van der Waals surface area contributed by atoms with Crippen molar-refractivity contribution in [3.63, 3.8) is 0 Å². The molecule has 3 rings (SSSR count). The van der Waals surface area contributed by atoms with Crippen LogP contribution in [0.4, 0.5) is 0 Å². The maximum Gasteiger partial charge on any atom is 0.193 e. The molecular weight excluding hydrogens is 230 g/mol. The lowest BCUT2D eigenvalue weighted by Gasteiger charge is -2.16. The van der Waals surface area contributed by atoms with Gasteiger partial charge in [0.2, 0.25) is 0 Å². The maximum absolute atomic E-state index is 4.66. The quantitative estimate of drug-likeness (QED) is 0.853. The van der Waals surface area contributed by atoms with Crippen LogP contribution in [-0.2, 0) is 6.42 Å². The lowest BCUT2D eigenvalue weighted by Crippen LogP contribution is -2.31. The molecule has 0 bridgehead atoms. The zero-order valence-corrected chi connectivity index (χ0v) is 11.0. The van der Waals surface area contributed by atoms with E-state index in [2.05, 4.69) is 39.4 Å². The van der Waals surface area contributed by atoms with Gasteiger partial charge in [0.15, 0.2) is 4.96 Å². The molecule has 1 fully saturated rings. The summed E-state index contributed by atoms with van der Waals surface area (Å²) in [5, 5.41) is 5.67. The molecule has 1 aliphatic carbocycles. The Balaban J connectivity index is 1.67. The number of nitrogens with zero attached hydrogens (tertiary/aromatic N) is 2. The van der Waals surface area contributed by atoms with Crippen molar-refractivity contribution in [3.05, 3.63) is 23.5 Å². The standard InChI is InChI=1S/C13H19N3S/c1-2-14-11(7-10-3-4-10)8-12-9-16-5-6-17-13(16)15-12/h5-6,9-11,14H,2-4,7-8H2,1H3. The number of nitrogens with one attached hydrogen (secondary N) is 1. The van der Waals surface area contributed by atoms with E-state index in [4.69, 9.17) is 0 Å². The largest absolute Gasteiger partial charge is 0.314 e. The second-order valence-corrected chi connectivity index (χ2v) is 5.84. The molecule has 1 saturated carbocycles. The summed E-state index contributed by atoms with van der Waals surface area (Å²) in [5.41, 5.74) is 1.23. The Morgan fingerprint density at radius 2 is 2.47 bits per heavy atom. The van der Waals surface area contributed by atoms with Crippen LogP contribution >= 0.6 is 11.3 Å². The molecular formula is C13H19N3S. The summed E-state index contributed by atoms with van der Waals surface area (Å²) in [6.07, 6.45) is 9.50. The molecule has 1 N–H and O–H groups in total. The van der Waals surface area contributed by atoms with Crippen LogP contribution in [0.2, 0.25) is 0 Å². The van der Waals surface area contributed by atoms with Gasteiger partial charge in [0.25, 0.3) is 0 Å². The van der Waals surface area contributed by atoms with Crippen LogP contribution in [0.1, 0.15) is 31.9 Å². The molecule has 2 aromatic rings. The Labute approximate surface area is 106 Å². The van der Waals surface area contributed by atoms with Crippen LogP contribution in [0.25, 0.3) is 4.96 Å². The van der Waals surface area contributed by atoms with Gasteiger partial charge >= 0.3 is 0 Å². The van der Waals surface area contributed by atoms with Gasteiger partial charge in [-0.15, -0.1) is 11.3 Å². The molecule has 92 valence electrons. The van der Waals surface area contributed by atoms with Crippen molar-refractivity contribution in [1.82, 2.24) is 14.7 Å². The first-order valence-electron chi connectivity index (χ1n) is 6.49. The number of rotatable bonds is 6. The van der Waals surface area contributed by atoms with E-state index in [1.807, 2.05) is 0 Å². The normalized spacial score (nSPS) is 17.7. The lowest BCUT2D eigenvalue weighted by molar-refractivity contribution is 0.463. The average Bonchev–Trinajstić information content (AvgIpc) is 2.85. The molecule has 4 heteroatoms. The van der Waals surface area contributed by atoms with Crippen LogP contribution in [0.5, 0.6) is 0 Å². The first-order chi connectivity index (χ1) is 8.35. The van der Waals surface area contributed by atoms with Gasteiger partial charge in [-0.3, -0.25) is 4.40 Å². The highest BCUT2D eigenvalue weighted by molar-refractivity contribution is 7.15. The first-order valence-corrected chi connectivity index (χ1v) is 7.37. The van der Waals surface area contributed by atoms with Crippen LogP contribution < -0.4 is 5.32 Å². The average molecular weight is 249 g/mol. The summed E-state index contributed by atoms with van der Waals surface area (Å²) in [5.74, 6) is 0.975. The summed E-state index contributed by atoms with van der Waals surface area (Å²) < 4.78 is 2.13. The first kappa shape index (κ1) is 11.2. The maximum atomic E-state index is 4.66. The molecule has 3 nitrogen and oxygen atoms in total. The number of fused-ring (bicyclic) bond motifs is 1. The highest BCUT2D eigenvalue weighted by Crippen LogP contribution is 2.34. The minimum Gasteiger partial charge on any atom is -0.314 e. The van der Waals surface area contributed by atoms with Gasteiger partial charge < -0.3 is 5.32 Å². The summed E-state index contributed by atoms with van der Waals surface area (Å²) in [6, 6.07) is 0.608. The predicted molar refractivity (Wildman–Crippen MR) is 71.6 cm³/mol. The minimum absolute atomic E-state index is 0.608. The molecule has 0 radical (unpaired) electrons. The van der Waals surface area contributed by atoms with Gasteiger partial charge in [0.1, 0.15) is 0 Å². The number of imidazole rings is 1. The Morgan fingerprint density at radius 3 is 3.18 bits per heavy atom. The van der Waals surface area contributed by atoms with Crippen LogP contribution in [0, 0.1) is 5.92 Å². The van der Waals surface area contributed by atoms with Crippen molar-refractivity contribution < 1.29 is 0 Å². The highest BCUT2D eigenvalue weighted by Gasteiger charge is 2.25. The summed E-state index contributed by atoms with van der Waals surface area (Å²) in [7, 11) is 0. The van der Waals surface area contributed by atoms with E-state index in [-0.39, 0.29) is 0 Å². The fourth-order valence-electron chi connectivity index (χ4n) is 2.41. The number of aromatic nitrogens is 2. The van der Waals surface area contributed by atoms with Crippen LogP contribution in [0.3, 0.4) is 0 Å². The Hall–Kier alpha value is -0.870. The van der Waals surface area contributed by atoms with Crippen molar-refractivity contribution in [2.75, 3.05) is 6.54 Å². The van der Waals surface area contributed by atoms with Gasteiger partial charge in [0.05, 0.1) is 5.69 Å². The molecule has 0 spiro atoms. The molecule has 0 aliphatic heterocycles. The number of hydrogen-bond donors (Lipinski definition) is 1. The third-order valence-electron chi connectivity index (χ3n) is 3.41. The van der Waals surface area contributed by atoms with Crippen molar-refractivity contribution in [2.45, 2.75) is 38.6 Å². The summed E-state index contributed by atoms with van der Waals surface area (Å²) in [6.45, 7) is 3.24. The predicted octanol–water partition coefficient (Wildman–Crippen LogP) is 2.72. The third kappa shape index (κ3) is 2.69. The van der Waals surface area contributed by atoms with Crippen molar-refractivity contribution in [2.24, 2.45) is 5.92 Å². The van der Waals surface area contributed by atoms with Gasteiger partial charge in [-0.1, -0.05) is 19.8 Å². The van der Waals surface area contributed by atoms with Gasteiger partial charge in [0, 0.05) is 30.2 Å². The number of hydrogen-bond acceptors (Lipinski definition) is 3. The Bertz CT molecular complexity index is 455. The van der Waals surface area contributed by atoms with E-state index in [0.29, 0.717) is 6.04 Å². The molecule has 2 aromatic heterocycles. The zero-order chi connectivity index (χ0) is 11.7. The molecule has 0 amide bonds. The second kappa shape index (κ2) is 4.78. The fourth-order valence-corrected chi connectivity index (χ4v) is 3.13. The topological polar surface area (TPSA) is 29.3 Å². The Kier molecular flexibility index (Phi) is 3.16. The van der Waals surface area contributed by atoms with E-state index >= 15 is 0 Å². The van der Waals surface area contributed by atoms with Crippen LogP contribution in [-0.4, -0.2) is 22.0 Å². The lowest BCUT2D eigenvalue weighted by atomic mass is 10.1. The summed E-state index contributed by atoms with van der Waals surface area (Å²) in [4.78, 5) is 5.78. The van der Waals surface area contributed by atoms with Crippen LogP contribution in [0.15, 0.2) is 17.8 Å². The van der Waals surface area contributed by atoms with E-state index < -0.39 is 0 Å². The SMILES string of the molecule is CCNC(Cc1cn2ccsc2n1)CC1CC1. The van der Waals surface area contributed by atoms with Crippen molar-refractivity contribution >= 4 is 16.3 Å². The van der Waals surface area contributed by atoms with E-state index in [1.54, 1.807) is 11.3 Å². The number of likely N-dealkylation sites (N-methyl/N-ethyl adjacent to an activating group) is 1. The molecule has 0 saturated heterocycles. The third-order valence-corrected chi connectivity index (χ3v) is 4.18. The molecule has 2 heterocycles. The second-order valence-electron chi connectivity index (χ2n) is 4.96. The molecule has 17 heavy (non-hydrogen) atoms. The molecule has 1 atom stereocenters. The fraction of sp³-hybridized carbons (Fsp3) is 0.615. The zero-order valence-electron chi connectivity index (χ0n) is 10.2. The van der Waals surface area contributed by atoms with E-state index in [0.717, 1.165) is 23.8 Å². The van der Waals surface area contributed by atoms with Gasteiger partial charge in [-0.05, 0) is 18.9 Å². The number of thiazole rings is 1. The summed E-state index contributed by atoms with van der Waals surface area (Å²) >= 11 is 1.71. The Morgan fingerprint density at radius 1 is 1.59 bits per heavy atom. The van der Waals surface area contributed by atoms with Gasteiger partial charge in [-0.2, -0.15) is 0 Å². The smallest absolute Gasteiger partial charge is 0.193 e.